The van der Waals surface area contributed by atoms with E-state index < -0.39 is 0 Å². The van der Waals surface area contributed by atoms with Crippen molar-refractivity contribution in [3.05, 3.63) is 38.7 Å². The SMILES string of the molecule is CCC/C(=C\c1sc2ccc(Cl)c3c2c1CN(C)CC3)C(=O)OCC.Cl. The predicted molar refractivity (Wildman–Crippen MR) is 114 cm³/mol. The molecule has 0 saturated heterocycles. The Hall–Kier alpha value is -1.07. The number of thiophene rings is 1. The van der Waals surface area contributed by atoms with Crippen LogP contribution in [-0.4, -0.2) is 31.1 Å². The molecule has 0 bridgehead atoms. The van der Waals surface area contributed by atoms with Crippen LogP contribution in [0.25, 0.3) is 16.2 Å². The lowest BCUT2D eigenvalue weighted by Gasteiger charge is -2.13. The summed E-state index contributed by atoms with van der Waals surface area (Å²) in [6, 6.07) is 4.10. The number of esters is 1. The first-order valence-corrected chi connectivity index (χ1v) is 10.0. The molecule has 1 aliphatic heterocycles. The van der Waals surface area contributed by atoms with E-state index in [1.807, 2.05) is 19.1 Å². The molecule has 0 fully saturated rings. The van der Waals surface area contributed by atoms with Gasteiger partial charge < -0.3 is 9.64 Å². The number of benzene rings is 1. The van der Waals surface area contributed by atoms with Gasteiger partial charge in [-0.3, -0.25) is 0 Å². The van der Waals surface area contributed by atoms with Crippen molar-refractivity contribution in [2.75, 3.05) is 20.2 Å². The largest absolute Gasteiger partial charge is 0.463 e. The minimum Gasteiger partial charge on any atom is -0.463 e. The maximum Gasteiger partial charge on any atom is 0.334 e. The summed E-state index contributed by atoms with van der Waals surface area (Å²) in [5.41, 5.74) is 3.28. The van der Waals surface area contributed by atoms with Crippen LogP contribution in [-0.2, 0) is 22.5 Å². The number of carbonyl (C=O) groups excluding carboxylic acids is 1. The summed E-state index contributed by atoms with van der Waals surface area (Å²) in [5.74, 6) is -0.200. The molecular formula is C20H25Cl2NO2S. The van der Waals surface area contributed by atoms with Gasteiger partial charge in [0.15, 0.2) is 0 Å². The number of nitrogens with zero attached hydrogens (tertiary/aromatic N) is 1. The Morgan fingerprint density at radius 3 is 2.81 bits per heavy atom. The first kappa shape index (κ1) is 21.2. The minimum atomic E-state index is -0.200. The molecule has 0 aliphatic carbocycles. The maximum atomic E-state index is 12.3. The van der Waals surface area contributed by atoms with E-state index in [1.54, 1.807) is 11.3 Å². The second-order valence-corrected chi connectivity index (χ2v) is 7.96. The average Bonchev–Trinajstić information content (AvgIpc) is 2.80. The fourth-order valence-corrected chi connectivity index (χ4v) is 4.84. The van der Waals surface area contributed by atoms with Gasteiger partial charge in [0.1, 0.15) is 0 Å². The van der Waals surface area contributed by atoms with Crippen molar-refractivity contribution in [2.45, 2.75) is 39.7 Å². The molecule has 142 valence electrons. The molecule has 6 heteroatoms. The minimum absolute atomic E-state index is 0. The molecule has 2 aromatic rings. The molecule has 0 radical (unpaired) electrons. The smallest absolute Gasteiger partial charge is 0.334 e. The van der Waals surface area contributed by atoms with Gasteiger partial charge in [-0.15, -0.1) is 23.7 Å². The summed E-state index contributed by atoms with van der Waals surface area (Å²) < 4.78 is 6.49. The fraction of sp³-hybridized carbons (Fsp3) is 0.450. The number of hydrogen-bond acceptors (Lipinski definition) is 4. The van der Waals surface area contributed by atoms with Crippen molar-refractivity contribution in [2.24, 2.45) is 0 Å². The highest BCUT2D eigenvalue weighted by Crippen LogP contribution is 2.40. The third kappa shape index (κ3) is 4.25. The Bertz CT molecular complexity index is 829. The lowest BCUT2D eigenvalue weighted by Crippen LogP contribution is -2.18. The number of hydrogen-bond donors (Lipinski definition) is 0. The van der Waals surface area contributed by atoms with Crippen molar-refractivity contribution >= 4 is 57.5 Å². The molecule has 1 aliphatic rings. The van der Waals surface area contributed by atoms with Crippen LogP contribution in [0.15, 0.2) is 17.7 Å². The molecule has 0 unspecified atom stereocenters. The van der Waals surface area contributed by atoms with Crippen LogP contribution in [0.2, 0.25) is 5.02 Å². The first-order valence-electron chi connectivity index (χ1n) is 8.84. The molecule has 0 amide bonds. The maximum absolute atomic E-state index is 12.3. The molecule has 0 N–H and O–H groups in total. The van der Waals surface area contributed by atoms with E-state index in [1.165, 1.54) is 21.2 Å². The van der Waals surface area contributed by atoms with E-state index in [9.17, 15) is 4.79 Å². The third-order valence-corrected chi connectivity index (χ3v) is 6.07. The van der Waals surface area contributed by atoms with Gasteiger partial charge in [-0.05, 0) is 56.1 Å². The predicted octanol–water partition coefficient (Wildman–Crippen LogP) is 5.71. The van der Waals surface area contributed by atoms with Crippen molar-refractivity contribution in [3.63, 3.8) is 0 Å². The summed E-state index contributed by atoms with van der Waals surface area (Å²) in [5, 5.41) is 2.13. The lowest BCUT2D eigenvalue weighted by molar-refractivity contribution is -0.138. The number of halogens is 2. The molecule has 3 nitrogen and oxygen atoms in total. The van der Waals surface area contributed by atoms with E-state index in [4.69, 9.17) is 16.3 Å². The Balaban J connectivity index is 0.00000243. The molecule has 0 spiro atoms. The van der Waals surface area contributed by atoms with Gasteiger partial charge >= 0.3 is 5.97 Å². The summed E-state index contributed by atoms with van der Waals surface area (Å²) in [6.07, 6.45) is 4.65. The van der Waals surface area contributed by atoms with Gasteiger partial charge in [-0.1, -0.05) is 24.9 Å². The Morgan fingerprint density at radius 2 is 2.12 bits per heavy atom. The monoisotopic (exact) mass is 413 g/mol. The molecular weight excluding hydrogens is 389 g/mol. The van der Waals surface area contributed by atoms with Crippen LogP contribution in [0.5, 0.6) is 0 Å². The Labute approximate surface area is 170 Å². The summed E-state index contributed by atoms with van der Waals surface area (Å²) in [7, 11) is 2.13. The summed E-state index contributed by atoms with van der Waals surface area (Å²) in [4.78, 5) is 15.8. The fourth-order valence-electron chi connectivity index (χ4n) is 3.37. The van der Waals surface area contributed by atoms with Gasteiger partial charge in [-0.2, -0.15) is 0 Å². The van der Waals surface area contributed by atoms with Crippen LogP contribution in [0.4, 0.5) is 0 Å². The number of likely N-dealkylation sites (N-methyl/N-ethyl adjacent to an activating group) is 1. The molecule has 26 heavy (non-hydrogen) atoms. The third-order valence-electron chi connectivity index (χ3n) is 4.57. The highest BCUT2D eigenvalue weighted by atomic mass is 35.5. The quantitative estimate of drug-likeness (QED) is 0.464. The lowest BCUT2D eigenvalue weighted by atomic mass is 10.0. The zero-order valence-electron chi connectivity index (χ0n) is 15.4. The standard InChI is InChI=1S/C20H24ClNO2S.ClH/c1-4-6-13(20(23)24-5-2)11-18-15-12-22(3)10-9-14-16(21)7-8-17(25-18)19(14)15;/h7-8,11H,4-6,9-10,12H2,1-3H3;1H/b13-11+;. The van der Waals surface area contributed by atoms with Crippen molar-refractivity contribution in [1.82, 2.24) is 4.90 Å². The Kier molecular flexibility index (Phi) is 7.53. The van der Waals surface area contributed by atoms with Crippen molar-refractivity contribution in [1.29, 1.82) is 0 Å². The topological polar surface area (TPSA) is 29.5 Å². The zero-order chi connectivity index (χ0) is 18.0. The second kappa shape index (κ2) is 9.23. The molecule has 0 saturated carbocycles. The van der Waals surface area contributed by atoms with Crippen molar-refractivity contribution < 1.29 is 9.53 Å². The summed E-state index contributed by atoms with van der Waals surface area (Å²) >= 11 is 8.23. The van der Waals surface area contributed by atoms with E-state index in [0.29, 0.717) is 6.61 Å². The first-order chi connectivity index (χ1) is 12.0. The van der Waals surface area contributed by atoms with E-state index in [2.05, 4.69) is 24.9 Å². The highest BCUT2D eigenvalue weighted by Gasteiger charge is 2.22. The molecule has 1 aromatic heterocycles. The summed E-state index contributed by atoms with van der Waals surface area (Å²) in [6.45, 7) is 6.20. The number of carbonyl (C=O) groups is 1. The molecule has 0 atom stereocenters. The van der Waals surface area contributed by atoms with E-state index >= 15 is 0 Å². The van der Waals surface area contributed by atoms with Crippen LogP contribution >= 0.6 is 35.3 Å². The van der Waals surface area contributed by atoms with E-state index in [0.717, 1.165) is 47.8 Å². The van der Waals surface area contributed by atoms with Crippen LogP contribution in [0.1, 0.15) is 42.7 Å². The van der Waals surface area contributed by atoms with Crippen LogP contribution < -0.4 is 0 Å². The number of ether oxygens (including phenoxy) is 1. The van der Waals surface area contributed by atoms with Gasteiger partial charge in [0.25, 0.3) is 0 Å². The van der Waals surface area contributed by atoms with E-state index in [-0.39, 0.29) is 18.4 Å². The molecule has 1 aromatic carbocycles. The van der Waals surface area contributed by atoms with Gasteiger partial charge in [0.05, 0.1) is 6.61 Å². The normalized spacial score (nSPS) is 14.8. The molecule has 3 rings (SSSR count). The second-order valence-electron chi connectivity index (χ2n) is 6.47. The van der Waals surface area contributed by atoms with Gasteiger partial charge in [-0.25, -0.2) is 4.79 Å². The van der Waals surface area contributed by atoms with Crippen LogP contribution in [0, 0.1) is 0 Å². The van der Waals surface area contributed by atoms with Crippen molar-refractivity contribution in [3.8, 4) is 0 Å². The van der Waals surface area contributed by atoms with Gasteiger partial charge in [0.2, 0.25) is 0 Å². The average molecular weight is 414 g/mol. The highest BCUT2D eigenvalue weighted by molar-refractivity contribution is 7.20. The number of rotatable bonds is 5. The molecule has 2 heterocycles. The Morgan fingerprint density at radius 1 is 1.35 bits per heavy atom. The van der Waals surface area contributed by atoms with Crippen LogP contribution in [0.3, 0.4) is 0 Å². The van der Waals surface area contributed by atoms with Gasteiger partial charge in [0, 0.05) is 38.6 Å². The zero-order valence-corrected chi connectivity index (χ0v) is 17.8.